The van der Waals surface area contributed by atoms with E-state index in [1.165, 1.54) is 12.1 Å². The van der Waals surface area contributed by atoms with E-state index in [-0.39, 0.29) is 16.8 Å². The quantitative estimate of drug-likeness (QED) is 0.132. The van der Waals surface area contributed by atoms with Crippen molar-refractivity contribution in [2.75, 3.05) is 0 Å². The van der Waals surface area contributed by atoms with Crippen LogP contribution in [0.5, 0.6) is 0 Å². The Morgan fingerprint density at radius 1 is 0.674 bits per heavy atom. The fraction of sp³-hybridized carbons (Fsp3) is 0.471. The van der Waals surface area contributed by atoms with E-state index in [9.17, 15) is 0 Å². The molecule has 0 radical (unpaired) electrons. The van der Waals surface area contributed by atoms with Gasteiger partial charge in [-0.05, 0) is 0 Å². The van der Waals surface area contributed by atoms with Gasteiger partial charge in [0.2, 0.25) is 0 Å². The van der Waals surface area contributed by atoms with Gasteiger partial charge in [0.1, 0.15) is 0 Å². The molecule has 0 N–H and O–H groups in total. The molecule has 1 nitrogen and oxygen atoms in total. The van der Waals surface area contributed by atoms with Crippen LogP contribution in [0, 0.1) is 0 Å². The van der Waals surface area contributed by atoms with Gasteiger partial charge in [0.15, 0.2) is 0 Å². The first-order valence-electron chi connectivity index (χ1n) is 14.5. The molecule has 0 saturated carbocycles. The van der Waals surface area contributed by atoms with Crippen LogP contribution in [-0.4, -0.2) is 51.1 Å². The molecule has 9 heteroatoms. The normalized spacial score (nSPS) is 19.0. The number of fused-ring (bicyclic) bond motifs is 1. The molecule has 0 bridgehead atoms. The topological polar surface area (TPSA) is 9.23 Å². The molecular weight excluding hydrogens is 788 g/mol. The van der Waals surface area contributed by atoms with Gasteiger partial charge in [0.05, 0.1) is 0 Å². The Hall–Kier alpha value is -1.19. The van der Waals surface area contributed by atoms with Gasteiger partial charge in [0, 0.05) is 0 Å². The summed E-state index contributed by atoms with van der Waals surface area (Å²) < 4.78 is 99.7. The fourth-order valence-electron chi connectivity index (χ4n) is 5.97. The van der Waals surface area contributed by atoms with Crippen molar-refractivity contribution < 1.29 is 29.4 Å². The van der Waals surface area contributed by atoms with Crippen LogP contribution in [0.25, 0.3) is 0 Å². The predicted molar refractivity (Wildman–Crippen MR) is 167 cm³/mol. The first-order chi connectivity index (χ1) is 19.7. The summed E-state index contributed by atoms with van der Waals surface area (Å²) in [6, 6.07) is 19.8. The van der Waals surface area contributed by atoms with Gasteiger partial charge in [-0.2, -0.15) is 0 Å². The van der Waals surface area contributed by atoms with Crippen molar-refractivity contribution in [2.45, 2.75) is 97.0 Å². The maximum absolute atomic E-state index is 15.2. The van der Waals surface area contributed by atoms with Gasteiger partial charge in [0.25, 0.3) is 0 Å². The minimum atomic E-state index is -6.08. The van der Waals surface area contributed by atoms with Crippen LogP contribution < -0.4 is 10.5 Å². The van der Waals surface area contributed by atoms with Crippen LogP contribution >= 0.6 is 0 Å². The molecule has 4 rings (SSSR count). The second-order valence-corrected chi connectivity index (χ2v) is 33.3. The van der Waals surface area contributed by atoms with Crippen molar-refractivity contribution in [1.82, 2.24) is 0 Å². The van der Waals surface area contributed by atoms with Crippen molar-refractivity contribution in [3.8, 4) is 0 Å². The summed E-state index contributed by atoms with van der Waals surface area (Å²) in [5.74, 6) is 0. The molecule has 0 amide bonds. The minimum absolute atomic E-state index is 0.110. The first-order valence-corrected chi connectivity index (χ1v) is 24.5. The van der Waals surface area contributed by atoms with Gasteiger partial charge in [-0.1, -0.05) is 0 Å². The summed E-state index contributed by atoms with van der Waals surface area (Å²) in [5.41, 5.74) is -3.86. The maximum atomic E-state index is 15.2. The fourth-order valence-corrected chi connectivity index (χ4v) is 42.3. The van der Waals surface area contributed by atoms with E-state index in [4.69, 9.17) is 3.02 Å². The number of rotatable bonds is 7. The second kappa shape index (κ2) is 11.6. The zero-order chi connectivity index (χ0) is 32.1. The Bertz CT molecular complexity index is 1360. The van der Waals surface area contributed by atoms with E-state index in [1.807, 2.05) is 72.7 Å². The molecule has 0 saturated heterocycles. The van der Waals surface area contributed by atoms with Crippen LogP contribution in [0.2, 0.25) is 6.88 Å². The summed E-state index contributed by atoms with van der Waals surface area (Å²) in [6.07, 6.45) is -9.68. The molecule has 236 valence electrons. The molecule has 3 aromatic rings. The molecule has 0 atom stereocenters. The van der Waals surface area contributed by atoms with Crippen LogP contribution in [0.15, 0.2) is 72.8 Å². The third-order valence-electron chi connectivity index (χ3n) is 8.47. The Labute approximate surface area is 263 Å². The first kappa shape index (κ1) is 34.7. The molecule has 0 unspecified atom stereocenters. The number of benzene rings is 3. The number of hydrogen-bond acceptors (Lipinski definition) is 1. The van der Waals surface area contributed by atoms with Gasteiger partial charge in [-0.3, -0.25) is 0 Å². The van der Waals surface area contributed by atoms with Gasteiger partial charge in [-0.25, -0.2) is 0 Å². The summed E-state index contributed by atoms with van der Waals surface area (Å²) >= 11 is -7.12. The van der Waals surface area contributed by atoms with Crippen molar-refractivity contribution in [3.63, 3.8) is 0 Å². The van der Waals surface area contributed by atoms with Crippen LogP contribution in [-0.2, 0) is 19.4 Å². The van der Waals surface area contributed by atoms with E-state index >= 15 is 26.3 Å². The molecule has 0 spiro atoms. The van der Waals surface area contributed by atoms with E-state index < -0.39 is 62.3 Å². The van der Waals surface area contributed by atoms with E-state index in [2.05, 4.69) is 0 Å². The third-order valence-corrected chi connectivity index (χ3v) is 38.9. The van der Waals surface area contributed by atoms with Crippen LogP contribution in [0.4, 0.5) is 26.3 Å². The Morgan fingerprint density at radius 3 is 1.51 bits per heavy atom. The molecule has 43 heavy (non-hydrogen) atoms. The van der Waals surface area contributed by atoms with Crippen molar-refractivity contribution in [1.29, 1.82) is 0 Å². The molecule has 0 aliphatic carbocycles. The van der Waals surface area contributed by atoms with Gasteiger partial charge < -0.3 is 0 Å². The predicted octanol–water partition coefficient (Wildman–Crippen LogP) is 8.43. The standard InChI is InChI=1S/2C10H13.C9H4F6O.C5H11Te.Sb/c2*1-10(2,3)9-7-5-4-6-8-9;10-8(11,12)7(16,9(13,14)15)6-4-2-1-3-5-6;1-3-4-5-6-2;/h2*5-8H,1-3H3;1-4H;2-5H2,1H3;/q;;-1;;+1. The van der Waals surface area contributed by atoms with E-state index in [0.29, 0.717) is 7.02 Å². The number of hydrogen-bond donors (Lipinski definition) is 0. The average Bonchev–Trinajstić information content (AvgIpc) is 3.21. The summed E-state index contributed by atoms with van der Waals surface area (Å²) in [4.78, 5) is 0. The number of halogens is 6. The molecule has 0 fully saturated rings. The Morgan fingerprint density at radius 2 is 1.12 bits per heavy atom. The van der Waals surface area contributed by atoms with Crippen molar-refractivity contribution in [2.24, 2.45) is 0 Å². The zero-order valence-electron chi connectivity index (χ0n) is 25.8. The molecule has 0 aromatic heterocycles. The van der Waals surface area contributed by atoms with E-state index in [1.54, 1.807) is 30.3 Å². The molecule has 1 aliphatic rings. The Balaban J connectivity index is 2.22. The monoisotopic (exact) mass is 830 g/mol. The van der Waals surface area contributed by atoms with Crippen molar-refractivity contribution in [3.05, 3.63) is 89.5 Å². The summed E-state index contributed by atoms with van der Waals surface area (Å²) in [6.45, 7) is 14.2. The van der Waals surface area contributed by atoms with E-state index in [0.717, 1.165) is 34.5 Å². The van der Waals surface area contributed by atoms with Crippen molar-refractivity contribution >= 4 is 49.3 Å². The zero-order valence-corrected chi connectivity index (χ0v) is 30.7. The van der Waals surface area contributed by atoms with Crippen LogP contribution in [0.3, 0.4) is 0 Å². The van der Waals surface area contributed by atoms with Gasteiger partial charge in [-0.15, -0.1) is 0 Å². The Kier molecular flexibility index (Phi) is 9.32. The average molecular weight is 829 g/mol. The summed E-state index contributed by atoms with van der Waals surface area (Å²) in [5, 5.41) is 0. The van der Waals surface area contributed by atoms with Gasteiger partial charge >= 0.3 is 265 Å². The molecule has 1 heterocycles. The summed E-state index contributed by atoms with van der Waals surface area (Å²) in [7, 11) is 0. The SMILES string of the molecule is CCCC[Te][CH2][Sb]1([c]2ccc(C(C)(C)C)cc2)([c]2ccc(C(C)(C)C)cc2)[O]C(C(F)(F)F)(C(F)(F)F)c2cccc[c]21. The molecular formula is C34H41F6OSbTe. The van der Waals surface area contributed by atoms with Crippen LogP contribution in [0.1, 0.15) is 78.0 Å². The molecule has 3 aromatic carbocycles. The molecule has 1 aliphatic heterocycles. The number of alkyl halides is 6. The second-order valence-electron chi connectivity index (χ2n) is 13.5. The third kappa shape index (κ3) is 5.59. The number of unbranched alkanes of at least 4 members (excludes halogenated alkanes) is 1.